The van der Waals surface area contributed by atoms with Crippen LogP contribution in [0, 0.1) is 0 Å². The molecule has 0 unspecified atom stereocenters. The third-order valence-electron chi connectivity index (χ3n) is 2.99. The Morgan fingerprint density at radius 1 is 1.53 bits per heavy atom. The summed E-state index contributed by atoms with van der Waals surface area (Å²) in [7, 11) is 4.16. The van der Waals surface area contributed by atoms with Crippen molar-refractivity contribution in [3.05, 3.63) is 18.0 Å². The van der Waals surface area contributed by atoms with E-state index in [4.69, 9.17) is 0 Å². The minimum absolute atomic E-state index is 0.207. The van der Waals surface area contributed by atoms with Crippen molar-refractivity contribution in [2.75, 3.05) is 18.9 Å². The van der Waals surface area contributed by atoms with Crippen LogP contribution in [0.1, 0.15) is 19.5 Å². The third kappa shape index (κ3) is 3.31. The van der Waals surface area contributed by atoms with Gasteiger partial charge in [0.2, 0.25) is 0 Å². The van der Waals surface area contributed by atoms with Crippen molar-refractivity contribution in [2.24, 2.45) is 7.05 Å². The Kier molecular flexibility index (Phi) is 4.34. The van der Waals surface area contributed by atoms with Crippen LogP contribution in [0.4, 0.5) is 0 Å². The third-order valence-corrected chi connectivity index (χ3v) is 4.36. The molecular weight excluding hydrogens is 254 g/mol. The Hall–Kier alpha value is -0.350. The fourth-order valence-corrected chi connectivity index (χ4v) is 1.76. The van der Waals surface area contributed by atoms with Gasteiger partial charge in [-0.05, 0) is 27.0 Å². The molecule has 0 saturated heterocycles. The zero-order valence-corrected chi connectivity index (χ0v) is 11.6. The number of rotatable bonds is 5. The fourth-order valence-electron chi connectivity index (χ4n) is 1.33. The summed E-state index contributed by atoms with van der Waals surface area (Å²) in [6, 6.07) is 2.08. The van der Waals surface area contributed by atoms with Crippen LogP contribution in [0.2, 0.25) is 0 Å². The second-order valence-electron chi connectivity index (χ2n) is 4.56. The maximum atomic E-state index is 4.17. The monoisotopic (exact) mass is 273 g/mol. The lowest BCUT2D eigenvalue weighted by Gasteiger charge is -2.34. The normalized spacial score (nSPS) is 12.4. The van der Waals surface area contributed by atoms with Gasteiger partial charge in [-0.1, -0.05) is 15.9 Å². The van der Waals surface area contributed by atoms with Crippen molar-refractivity contribution in [3.8, 4) is 0 Å². The summed E-state index contributed by atoms with van der Waals surface area (Å²) in [4.78, 5) is 2.37. The average Bonchev–Trinajstić information content (AvgIpc) is 2.60. The predicted molar refractivity (Wildman–Crippen MR) is 67.4 cm³/mol. The van der Waals surface area contributed by atoms with Gasteiger partial charge < -0.3 is 4.90 Å². The molecule has 0 aliphatic carbocycles. The van der Waals surface area contributed by atoms with E-state index in [0.29, 0.717) is 0 Å². The van der Waals surface area contributed by atoms with Gasteiger partial charge in [0.1, 0.15) is 0 Å². The van der Waals surface area contributed by atoms with E-state index in [2.05, 4.69) is 52.9 Å². The summed E-state index contributed by atoms with van der Waals surface area (Å²) >= 11 is 3.55. The maximum Gasteiger partial charge on any atom is 0.0492 e. The Morgan fingerprint density at radius 3 is 2.67 bits per heavy atom. The van der Waals surface area contributed by atoms with Gasteiger partial charge in [-0.2, -0.15) is 5.10 Å². The van der Waals surface area contributed by atoms with E-state index in [9.17, 15) is 0 Å². The maximum absolute atomic E-state index is 4.17. The van der Waals surface area contributed by atoms with Crippen LogP contribution in [0.25, 0.3) is 0 Å². The van der Waals surface area contributed by atoms with E-state index in [1.54, 1.807) is 0 Å². The van der Waals surface area contributed by atoms with Gasteiger partial charge in [0.05, 0.1) is 0 Å². The van der Waals surface area contributed by atoms with Crippen LogP contribution < -0.4 is 0 Å². The van der Waals surface area contributed by atoms with E-state index in [1.807, 2.05) is 17.9 Å². The molecule has 86 valence electrons. The van der Waals surface area contributed by atoms with Gasteiger partial charge in [0.25, 0.3) is 0 Å². The first kappa shape index (κ1) is 12.7. The van der Waals surface area contributed by atoms with Crippen molar-refractivity contribution < 1.29 is 0 Å². The molecule has 1 heterocycles. The van der Waals surface area contributed by atoms with Crippen LogP contribution in [0.15, 0.2) is 12.3 Å². The highest BCUT2D eigenvalue weighted by molar-refractivity contribution is 9.09. The lowest BCUT2D eigenvalue weighted by Crippen LogP contribution is -2.43. The molecule has 0 aliphatic rings. The van der Waals surface area contributed by atoms with E-state index in [1.165, 1.54) is 5.69 Å². The van der Waals surface area contributed by atoms with E-state index in [0.717, 1.165) is 18.3 Å². The number of nitrogens with zero attached hydrogens (tertiary/aromatic N) is 3. The lowest BCUT2D eigenvalue weighted by atomic mass is 10.1. The summed E-state index contributed by atoms with van der Waals surface area (Å²) in [5.74, 6) is 0. The molecule has 0 spiro atoms. The van der Waals surface area contributed by atoms with Gasteiger partial charge >= 0.3 is 0 Å². The Balaban J connectivity index is 2.48. The Labute approximate surface area is 101 Å². The summed E-state index contributed by atoms with van der Waals surface area (Å²) in [5.41, 5.74) is 1.49. The standard InChI is InChI=1S/C11H20BrN3/c1-11(2,9-12)14(3)8-6-10-5-7-13-15(10)4/h5,7H,6,8-9H2,1-4H3. The van der Waals surface area contributed by atoms with Gasteiger partial charge in [-0.3, -0.25) is 4.68 Å². The molecule has 1 aromatic rings. The first-order chi connectivity index (χ1) is 6.97. The summed E-state index contributed by atoms with van der Waals surface area (Å²) < 4.78 is 1.94. The molecule has 0 atom stereocenters. The van der Waals surface area contributed by atoms with E-state index < -0.39 is 0 Å². The molecule has 1 rings (SSSR count). The van der Waals surface area contributed by atoms with Crippen molar-refractivity contribution >= 4 is 15.9 Å². The first-order valence-corrected chi connectivity index (χ1v) is 6.33. The number of hydrogen-bond acceptors (Lipinski definition) is 2. The van der Waals surface area contributed by atoms with Crippen molar-refractivity contribution in [1.82, 2.24) is 14.7 Å². The summed E-state index contributed by atoms with van der Waals surface area (Å²) in [6.45, 7) is 5.54. The van der Waals surface area contributed by atoms with Crippen molar-refractivity contribution in [3.63, 3.8) is 0 Å². The molecule has 3 nitrogen and oxygen atoms in total. The molecule has 0 fully saturated rings. The molecular formula is C11H20BrN3. The summed E-state index contributed by atoms with van der Waals surface area (Å²) in [5, 5.41) is 5.15. The predicted octanol–water partition coefficient (Wildman–Crippen LogP) is 2.07. The van der Waals surface area contributed by atoms with E-state index in [-0.39, 0.29) is 5.54 Å². The molecule has 0 radical (unpaired) electrons. The number of alkyl halides is 1. The van der Waals surface area contributed by atoms with Gasteiger partial charge in [0.15, 0.2) is 0 Å². The number of hydrogen-bond donors (Lipinski definition) is 0. The fraction of sp³-hybridized carbons (Fsp3) is 0.727. The Bertz CT molecular complexity index is 307. The molecule has 0 saturated carbocycles. The highest BCUT2D eigenvalue weighted by Gasteiger charge is 2.21. The van der Waals surface area contributed by atoms with Gasteiger partial charge in [0, 0.05) is 42.8 Å². The second kappa shape index (κ2) is 5.12. The molecule has 0 amide bonds. The van der Waals surface area contributed by atoms with Crippen LogP contribution in [0.3, 0.4) is 0 Å². The first-order valence-electron chi connectivity index (χ1n) is 5.21. The topological polar surface area (TPSA) is 21.1 Å². The van der Waals surface area contributed by atoms with Crippen molar-refractivity contribution in [1.29, 1.82) is 0 Å². The van der Waals surface area contributed by atoms with Crippen LogP contribution in [0.5, 0.6) is 0 Å². The molecule has 1 aromatic heterocycles. The van der Waals surface area contributed by atoms with Crippen molar-refractivity contribution in [2.45, 2.75) is 25.8 Å². The number of likely N-dealkylation sites (N-methyl/N-ethyl adjacent to an activating group) is 1. The van der Waals surface area contributed by atoms with Crippen LogP contribution in [-0.4, -0.2) is 39.1 Å². The second-order valence-corrected chi connectivity index (χ2v) is 5.12. The summed E-state index contributed by atoms with van der Waals surface area (Å²) in [6.07, 6.45) is 2.90. The van der Waals surface area contributed by atoms with Crippen LogP contribution in [-0.2, 0) is 13.5 Å². The zero-order chi connectivity index (χ0) is 11.5. The minimum atomic E-state index is 0.207. The Morgan fingerprint density at radius 2 is 2.20 bits per heavy atom. The lowest BCUT2D eigenvalue weighted by molar-refractivity contribution is 0.183. The zero-order valence-electron chi connectivity index (χ0n) is 10.00. The van der Waals surface area contributed by atoms with Gasteiger partial charge in [-0.25, -0.2) is 0 Å². The quantitative estimate of drug-likeness (QED) is 0.766. The molecule has 0 aromatic carbocycles. The highest BCUT2D eigenvalue weighted by Crippen LogP contribution is 2.15. The smallest absolute Gasteiger partial charge is 0.0492 e. The minimum Gasteiger partial charge on any atom is -0.300 e. The number of halogens is 1. The van der Waals surface area contributed by atoms with Gasteiger partial charge in [-0.15, -0.1) is 0 Å². The molecule has 15 heavy (non-hydrogen) atoms. The molecule has 0 aliphatic heterocycles. The molecule has 0 bridgehead atoms. The molecule has 4 heteroatoms. The largest absolute Gasteiger partial charge is 0.300 e. The van der Waals surface area contributed by atoms with Crippen LogP contribution >= 0.6 is 15.9 Å². The average molecular weight is 274 g/mol. The number of aromatic nitrogens is 2. The molecule has 0 N–H and O–H groups in total. The highest BCUT2D eigenvalue weighted by atomic mass is 79.9. The SMILES string of the molecule is CN(CCc1ccnn1C)C(C)(C)CBr. The number of aryl methyl sites for hydroxylation is 1. The van der Waals surface area contributed by atoms with E-state index >= 15 is 0 Å².